The maximum Gasteiger partial charge on any atom is 0.290 e. The molecule has 1 aliphatic heterocycles. The van der Waals surface area contributed by atoms with Crippen molar-refractivity contribution in [2.24, 2.45) is 0 Å². The van der Waals surface area contributed by atoms with Crippen molar-refractivity contribution in [3.8, 4) is 17.3 Å². The average Bonchev–Trinajstić information content (AvgIpc) is 3.42. The largest absolute Gasteiger partial charge is 0.348 e. The molecule has 0 atom stereocenters. The minimum atomic E-state index is -0.866. The van der Waals surface area contributed by atoms with Crippen molar-refractivity contribution in [3.05, 3.63) is 87.8 Å². The topological polar surface area (TPSA) is 106 Å². The quantitative estimate of drug-likeness (QED) is 0.220. The van der Waals surface area contributed by atoms with Crippen LogP contribution in [-0.2, 0) is 9.59 Å². The first-order valence-electron chi connectivity index (χ1n) is 13.8. The molecule has 3 aromatic rings. The number of carbonyl (C=O) groups is 3. The maximum atomic E-state index is 13.7. The van der Waals surface area contributed by atoms with Crippen molar-refractivity contribution in [1.29, 1.82) is 5.26 Å². The monoisotopic (exact) mass is 567 g/mol. The molecule has 9 heteroatoms. The van der Waals surface area contributed by atoms with Crippen molar-refractivity contribution in [3.63, 3.8) is 0 Å². The second-order valence-electron chi connectivity index (χ2n) is 9.69. The summed E-state index contributed by atoms with van der Waals surface area (Å²) in [6.45, 7) is 7.64. The highest BCUT2D eigenvalue weighted by molar-refractivity contribution is 7.17. The fourth-order valence-electron chi connectivity index (χ4n) is 4.43. The van der Waals surface area contributed by atoms with Gasteiger partial charge in [0, 0.05) is 29.8 Å². The second-order valence-corrected chi connectivity index (χ2v) is 10.7. The lowest BCUT2D eigenvalue weighted by Gasteiger charge is -2.27. The number of nitrogens with one attached hydrogen (secondary N) is 1. The molecule has 0 unspecified atom stereocenters. The minimum Gasteiger partial charge on any atom is -0.348 e. The second kappa shape index (κ2) is 13.7. The van der Waals surface area contributed by atoms with Gasteiger partial charge in [-0.25, -0.2) is 4.98 Å². The number of anilines is 1. The average molecular weight is 568 g/mol. The van der Waals surface area contributed by atoms with Crippen molar-refractivity contribution >= 4 is 40.3 Å². The zero-order chi connectivity index (χ0) is 29.4. The molecule has 2 aromatic carbocycles. The Morgan fingerprint density at radius 2 is 1.61 bits per heavy atom. The highest BCUT2D eigenvalue weighted by atomic mass is 32.1. The molecule has 41 heavy (non-hydrogen) atoms. The molecule has 0 saturated carbocycles. The summed E-state index contributed by atoms with van der Waals surface area (Å²) in [6.07, 6.45) is 5.87. The van der Waals surface area contributed by atoms with Crippen molar-refractivity contribution in [2.45, 2.75) is 46.5 Å². The van der Waals surface area contributed by atoms with E-state index >= 15 is 0 Å². The van der Waals surface area contributed by atoms with Gasteiger partial charge in [0.1, 0.15) is 11.6 Å². The number of nitrogens with zero attached hydrogens (tertiary/aromatic N) is 4. The molecule has 0 aliphatic carbocycles. The summed E-state index contributed by atoms with van der Waals surface area (Å²) in [5.41, 5.74) is 4.49. The van der Waals surface area contributed by atoms with Crippen LogP contribution in [0.1, 0.15) is 61.7 Å². The van der Waals surface area contributed by atoms with Crippen molar-refractivity contribution in [2.75, 3.05) is 18.0 Å². The fourth-order valence-corrected chi connectivity index (χ4v) is 5.51. The number of hydrogen-bond donors (Lipinski definition) is 1. The van der Waals surface area contributed by atoms with E-state index in [2.05, 4.69) is 24.2 Å². The molecule has 210 valence electrons. The Labute approximate surface area is 244 Å². The van der Waals surface area contributed by atoms with Gasteiger partial charge in [-0.15, -0.1) is 0 Å². The Hall–Kier alpha value is -4.55. The molecular formula is C32H33N5O3S. The number of hydrazine groups is 1. The van der Waals surface area contributed by atoms with Gasteiger partial charge in [-0.05, 0) is 43.5 Å². The number of rotatable bonds is 11. The summed E-state index contributed by atoms with van der Waals surface area (Å²) in [7, 11) is 0. The number of amides is 3. The van der Waals surface area contributed by atoms with Gasteiger partial charge < -0.3 is 4.90 Å². The predicted octanol–water partition coefficient (Wildman–Crippen LogP) is 6.15. The van der Waals surface area contributed by atoms with Crippen LogP contribution in [0.4, 0.5) is 5.13 Å². The van der Waals surface area contributed by atoms with E-state index < -0.39 is 17.7 Å². The number of carbonyl (C=O) groups excluding carboxylic acids is 3. The molecule has 2 heterocycles. The minimum absolute atomic E-state index is 0.149. The lowest BCUT2D eigenvalue weighted by Crippen LogP contribution is -2.53. The number of thiazole rings is 1. The number of unbranched alkanes of at least 4 members (excludes halogenated alkanes) is 2. The molecule has 1 aromatic heterocycles. The van der Waals surface area contributed by atoms with Gasteiger partial charge in [-0.3, -0.25) is 19.8 Å². The molecular weight excluding hydrogens is 534 g/mol. The van der Waals surface area contributed by atoms with E-state index in [9.17, 15) is 19.6 Å². The van der Waals surface area contributed by atoms with Crippen molar-refractivity contribution < 1.29 is 14.4 Å². The Kier molecular flexibility index (Phi) is 9.82. The van der Waals surface area contributed by atoms with Gasteiger partial charge in [-0.2, -0.15) is 10.3 Å². The molecule has 0 radical (unpaired) electrons. The predicted molar refractivity (Wildman–Crippen MR) is 162 cm³/mol. The SMILES string of the molecule is CCCCN(CCCC)c1nc(-c2ccccc2)c(/C=C2\C(=O)N(NC(=O)c3ccccc3)C(=O)C(C#N)=C2C)s1. The van der Waals surface area contributed by atoms with E-state index in [-0.39, 0.29) is 22.3 Å². The van der Waals surface area contributed by atoms with Gasteiger partial charge in [0.2, 0.25) is 0 Å². The fraction of sp³-hybridized carbons (Fsp3) is 0.281. The first-order valence-corrected chi connectivity index (χ1v) is 14.6. The summed E-state index contributed by atoms with van der Waals surface area (Å²) in [5.74, 6) is -2.20. The number of nitriles is 1. The molecule has 3 amide bonds. The van der Waals surface area contributed by atoms with Gasteiger partial charge in [-0.1, -0.05) is 86.6 Å². The Morgan fingerprint density at radius 1 is 1.00 bits per heavy atom. The van der Waals surface area contributed by atoms with Gasteiger partial charge >= 0.3 is 0 Å². The molecule has 8 nitrogen and oxygen atoms in total. The van der Waals surface area contributed by atoms with Gasteiger partial charge in [0.05, 0.1) is 10.6 Å². The zero-order valence-electron chi connectivity index (χ0n) is 23.5. The summed E-state index contributed by atoms with van der Waals surface area (Å²) < 4.78 is 0. The van der Waals surface area contributed by atoms with E-state index in [0.717, 1.165) is 54.3 Å². The van der Waals surface area contributed by atoms with Crippen LogP contribution in [0.15, 0.2) is 77.4 Å². The normalized spacial score (nSPS) is 14.4. The third-order valence-electron chi connectivity index (χ3n) is 6.79. The highest BCUT2D eigenvalue weighted by Gasteiger charge is 2.37. The lowest BCUT2D eigenvalue weighted by molar-refractivity contribution is -0.143. The van der Waals surface area contributed by atoms with Crippen LogP contribution >= 0.6 is 11.3 Å². The van der Waals surface area contributed by atoms with E-state index in [1.807, 2.05) is 36.4 Å². The van der Waals surface area contributed by atoms with Crippen LogP contribution in [0, 0.1) is 11.3 Å². The van der Waals surface area contributed by atoms with Crippen LogP contribution in [0.25, 0.3) is 17.3 Å². The lowest BCUT2D eigenvalue weighted by atomic mass is 9.95. The Balaban J connectivity index is 1.80. The molecule has 0 saturated heterocycles. The third kappa shape index (κ3) is 6.61. The van der Waals surface area contributed by atoms with Crippen LogP contribution in [0.3, 0.4) is 0 Å². The van der Waals surface area contributed by atoms with E-state index in [1.54, 1.807) is 43.3 Å². The Morgan fingerprint density at radius 3 is 2.20 bits per heavy atom. The van der Waals surface area contributed by atoms with Crippen LogP contribution in [0.5, 0.6) is 0 Å². The molecule has 0 fully saturated rings. The highest BCUT2D eigenvalue weighted by Crippen LogP contribution is 2.37. The van der Waals surface area contributed by atoms with Crippen LogP contribution in [-0.4, -0.2) is 40.8 Å². The maximum absolute atomic E-state index is 13.7. The summed E-state index contributed by atoms with van der Waals surface area (Å²) >= 11 is 1.47. The molecule has 0 bridgehead atoms. The van der Waals surface area contributed by atoms with Crippen LogP contribution in [0.2, 0.25) is 0 Å². The first-order chi connectivity index (χ1) is 19.9. The number of hydrogen-bond acceptors (Lipinski definition) is 7. The third-order valence-corrected chi connectivity index (χ3v) is 7.85. The van der Waals surface area contributed by atoms with E-state index in [1.165, 1.54) is 11.3 Å². The molecule has 1 aliphatic rings. The molecule has 0 spiro atoms. The number of aromatic nitrogens is 1. The molecule has 1 N–H and O–H groups in total. The zero-order valence-corrected chi connectivity index (χ0v) is 24.3. The van der Waals surface area contributed by atoms with Crippen LogP contribution < -0.4 is 10.3 Å². The number of imide groups is 1. The number of benzene rings is 2. The van der Waals surface area contributed by atoms with Gasteiger partial charge in [0.15, 0.2) is 5.13 Å². The van der Waals surface area contributed by atoms with Crippen molar-refractivity contribution in [1.82, 2.24) is 15.4 Å². The smallest absolute Gasteiger partial charge is 0.290 e. The standard InChI is InChI=1S/C32H33N5O3S/c1-4-6-18-36(19-7-5-2)32-34-28(23-14-10-8-11-15-23)27(41-32)20-25-22(3)26(21-33)31(40)37(30(25)39)35-29(38)24-16-12-9-13-17-24/h8-17,20H,4-7,18-19H2,1-3H3,(H,35,38)/b25-20-. The van der Waals surface area contributed by atoms with E-state index in [4.69, 9.17) is 4.98 Å². The molecule has 4 rings (SSSR count). The summed E-state index contributed by atoms with van der Waals surface area (Å²) in [4.78, 5) is 47.7. The Bertz CT molecular complexity index is 1510. The summed E-state index contributed by atoms with van der Waals surface area (Å²) in [6, 6.07) is 19.9. The van der Waals surface area contributed by atoms with E-state index in [0.29, 0.717) is 10.7 Å². The first kappa shape index (κ1) is 29.4. The summed E-state index contributed by atoms with van der Waals surface area (Å²) in [5, 5.41) is 11.3. The van der Waals surface area contributed by atoms with Gasteiger partial charge in [0.25, 0.3) is 17.7 Å².